The first-order valence-electron chi connectivity index (χ1n) is 7.22. The lowest BCUT2D eigenvalue weighted by Crippen LogP contribution is -2.16. The fourth-order valence-corrected chi connectivity index (χ4v) is 2.38. The lowest BCUT2D eigenvalue weighted by atomic mass is 9.98. The number of aryl methyl sites for hydroxylation is 1. The molecule has 0 aliphatic heterocycles. The highest BCUT2D eigenvalue weighted by atomic mass is 16.1. The second-order valence-corrected chi connectivity index (χ2v) is 5.25. The molecule has 0 atom stereocenters. The topological polar surface area (TPSA) is 47.2 Å². The number of nitrogens with zero attached hydrogens (tertiary/aromatic N) is 3. The summed E-state index contributed by atoms with van der Waals surface area (Å²) in [7, 11) is 3.50. The molecule has 2 aromatic rings. The van der Waals surface area contributed by atoms with Crippen LogP contribution >= 0.6 is 0 Å². The van der Waals surface area contributed by atoms with Gasteiger partial charge in [0.25, 0.3) is 5.56 Å². The first-order valence-corrected chi connectivity index (χ1v) is 7.22. The maximum Gasteiger partial charge on any atom is 0.260 e. The molecule has 0 spiro atoms. The van der Waals surface area contributed by atoms with Gasteiger partial charge in [-0.1, -0.05) is 12.1 Å². The minimum atomic E-state index is -0.0323. The predicted molar refractivity (Wildman–Crippen MR) is 93.4 cm³/mol. The van der Waals surface area contributed by atoms with Gasteiger partial charge < -0.3 is 4.57 Å². The Morgan fingerprint density at radius 3 is 2.68 bits per heavy atom. The monoisotopic (exact) mass is 295 g/mol. The first kappa shape index (κ1) is 15.9. The second-order valence-electron chi connectivity index (χ2n) is 5.25. The third-order valence-corrected chi connectivity index (χ3v) is 3.86. The predicted octanol–water partition coefficient (Wildman–Crippen LogP) is 3.37. The van der Waals surface area contributed by atoms with Crippen molar-refractivity contribution < 1.29 is 0 Å². The van der Waals surface area contributed by atoms with Gasteiger partial charge in [-0.25, -0.2) is 4.98 Å². The Hall–Kier alpha value is -2.49. The van der Waals surface area contributed by atoms with E-state index in [0.717, 1.165) is 27.9 Å². The average Bonchev–Trinajstić information content (AvgIpc) is 2.54. The van der Waals surface area contributed by atoms with Crippen LogP contribution in [0.15, 0.2) is 52.0 Å². The van der Waals surface area contributed by atoms with E-state index < -0.39 is 0 Å². The van der Waals surface area contributed by atoms with Gasteiger partial charge in [0, 0.05) is 14.1 Å². The molecule has 0 saturated carbocycles. The molecule has 0 unspecified atom stereocenters. The lowest BCUT2D eigenvalue weighted by Gasteiger charge is -2.09. The van der Waals surface area contributed by atoms with Gasteiger partial charge >= 0.3 is 0 Å². The second kappa shape index (κ2) is 6.52. The van der Waals surface area contributed by atoms with E-state index in [4.69, 9.17) is 0 Å². The van der Waals surface area contributed by atoms with Crippen LogP contribution in [-0.2, 0) is 7.05 Å². The molecule has 1 heterocycles. The molecule has 0 aliphatic carbocycles. The van der Waals surface area contributed by atoms with Crippen molar-refractivity contribution in [2.24, 2.45) is 12.0 Å². The van der Waals surface area contributed by atoms with Gasteiger partial charge in [0.15, 0.2) is 0 Å². The zero-order valence-electron chi connectivity index (χ0n) is 13.7. The maximum atomic E-state index is 12.2. The minimum absolute atomic E-state index is 0.0323. The summed E-state index contributed by atoms with van der Waals surface area (Å²) >= 11 is 0. The molecule has 0 radical (unpaired) electrons. The Morgan fingerprint density at radius 1 is 1.32 bits per heavy atom. The zero-order chi connectivity index (χ0) is 16.3. The fourth-order valence-electron chi connectivity index (χ4n) is 2.38. The molecular weight excluding hydrogens is 274 g/mol. The van der Waals surface area contributed by atoms with E-state index in [9.17, 15) is 4.79 Å². The quantitative estimate of drug-likeness (QED) is 0.815. The van der Waals surface area contributed by atoms with Gasteiger partial charge in [-0.2, -0.15) is 0 Å². The Labute approximate surface area is 130 Å². The van der Waals surface area contributed by atoms with E-state index in [0.29, 0.717) is 5.39 Å². The number of aromatic nitrogens is 2. The van der Waals surface area contributed by atoms with Crippen molar-refractivity contribution in [1.82, 2.24) is 9.55 Å². The van der Waals surface area contributed by atoms with E-state index in [-0.39, 0.29) is 5.56 Å². The van der Waals surface area contributed by atoms with Crippen LogP contribution in [0.2, 0.25) is 0 Å². The van der Waals surface area contributed by atoms with E-state index in [1.165, 1.54) is 4.57 Å². The van der Waals surface area contributed by atoms with Crippen LogP contribution < -0.4 is 5.56 Å². The van der Waals surface area contributed by atoms with Crippen molar-refractivity contribution in [1.29, 1.82) is 0 Å². The van der Waals surface area contributed by atoms with E-state index >= 15 is 0 Å². The molecule has 1 aromatic carbocycles. The summed E-state index contributed by atoms with van der Waals surface area (Å²) in [4.78, 5) is 20.8. The molecule has 0 N–H and O–H groups in total. The summed E-state index contributed by atoms with van der Waals surface area (Å²) in [5.74, 6) is 0. The Bertz CT molecular complexity index is 854. The number of benzene rings is 1. The normalized spacial score (nSPS) is 13.8. The summed E-state index contributed by atoms with van der Waals surface area (Å²) in [5.41, 5.74) is 4.84. The van der Waals surface area contributed by atoms with E-state index in [1.54, 1.807) is 20.4 Å². The van der Waals surface area contributed by atoms with E-state index in [2.05, 4.69) is 9.98 Å². The number of rotatable bonds is 3. The van der Waals surface area contributed by atoms with Gasteiger partial charge in [-0.15, -0.1) is 0 Å². The van der Waals surface area contributed by atoms with Crippen LogP contribution in [0, 0.1) is 0 Å². The van der Waals surface area contributed by atoms with Crippen LogP contribution in [0.3, 0.4) is 0 Å². The number of aliphatic imine (C=N–C) groups is 1. The smallest absolute Gasteiger partial charge is 0.260 e. The van der Waals surface area contributed by atoms with Crippen LogP contribution in [0.1, 0.15) is 26.3 Å². The number of hydrogen-bond donors (Lipinski definition) is 0. The lowest BCUT2D eigenvalue weighted by molar-refractivity contribution is 0.843. The van der Waals surface area contributed by atoms with E-state index in [1.807, 2.05) is 51.1 Å². The molecule has 1 aromatic heterocycles. The Morgan fingerprint density at radius 2 is 2.05 bits per heavy atom. The van der Waals surface area contributed by atoms with Gasteiger partial charge in [0.2, 0.25) is 0 Å². The molecule has 0 amide bonds. The van der Waals surface area contributed by atoms with Gasteiger partial charge in [0.1, 0.15) is 0 Å². The molecule has 0 aliphatic rings. The molecular formula is C18H21N3O. The minimum Gasteiger partial charge on any atom is -0.302 e. The summed E-state index contributed by atoms with van der Waals surface area (Å²) in [6.07, 6.45) is 5.51. The summed E-state index contributed by atoms with van der Waals surface area (Å²) in [6.45, 7) is 6.06. The molecule has 4 nitrogen and oxygen atoms in total. The van der Waals surface area contributed by atoms with Gasteiger partial charge in [0.05, 0.1) is 22.9 Å². The van der Waals surface area contributed by atoms with Crippen molar-refractivity contribution >= 4 is 22.2 Å². The van der Waals surface area contributed by atoms with Gasteiger partial charge in [-0.3, -0.25) is 9.79 Å². The number of hydrogen-bond acceptors (Lipinski definition) is 3. The van der Waals surface area contributed by atoms with Crippen LogP contribution in [0.5, 0.6) is 0 Å². The summed E-state index contributed by atoms with van der Waals surface area (Å²) in [5, 5.41) is 0.635. The summed E-state index contributed by atoms with van der Waals surface area (Å²) in [6, 6.07) is 5.80. The van der Waals surface area contributed by atoms with Crippen LogP contribution in [0.4, 0.5) is 0 Å². The van der Waals surface area contributed by atoms with Crippen molar-refractivity contribution in [3.8, 4) is 0 Å². The van der Waals surface area contributed by atoms with Crippen molar-refractivity contribution in [3.05, 3.63) is 58.2 Å². The standard InChI is InChI=1S/C18H21N3O/c1-6-7-16(19-4)13(3)12(2)14-8-9-17-15(10-14)18(22)21(5)11-20-17/h6-11H,1-5H3/b7-6-,13-12-,19-16?. The highest BCUT2D eigenvalue weighted by molar-refractivity contribution is 6.12. The zero-order valence-corrected chi connectivity index (χ0v) is 13.7. The third kappa shape index (κ3) is 2.91. The fraction of sp³-hybridized carbons (Fsp3) is 0.278. The SMILES string of the molecule is C/C=C\C(=NC)/C(C)=C(/C)c1ccc2ncn(C)c(=O)c2c1. The van der Waals surface area contributed by atoms with Crippen molar-refractivity contribution in [2.45, 2.75) is 20.8 Å². The molecule has 0 saturated heterocycles. The molecule has 0 fully saturated rings. The average molecular weight is 295 g/mol. The molecule has 4 heteroatoms. The molecule has 114 valence electrons. The van der Waals surface area contributed by atoms with Gasteiger partial charge in [-0.05, 0) is 55.7 Å². The number of fused-ring (bicyclic) bond motifs is 1. The molecule has 2 rings (SSSR count). The highest BCUT2D eigenvalue weighted by Crippen LogP contribution is 2.22. The Balaban J connectivity index is 2.64. The largest absolute Gasteiger partial charge is 0.302 e. The van der Waals surface area contributed by atoms with Crippen molar-refractivity contribution in [2.75, 3.05) is 7.05 Å². The number of allylic oxidation sites excluding steroid dienone is 4. The Kier molecular flexibility index (Phi) is 4.71. The molecule has 0 bridgehead atoms. The van der Waals surface area contributed by atoms with Crippen LogP contribution in [-0.4, -0.2) is 22.3 Å². The molecule has 22 heavy (non-hydrogen) atoms. The summed E-state index contributed by atoms with van der Waals surface area (Å²) < 4.78 is 1.50. The highest BCUT2D eigenvalue weighted by Gasteiger charge is 2.08. The maximum absolute atomic E-state index is 12.2. The first-order chi connectivity index (χ1) is 10.5. The van der Waals surface area contributed by atoms with Crippen LogP contribution in [0.25, 0.3) is 16.5 Å². The third-order valence-electron chi connectivity index (χ3n) is 3.86. The van der Waals surface area contributed by atoms with Crippen molar-refractivity contribution in [3.63, 3.8) is 0 Å².